The van der Waals surface area contributed by atoms with Crippen molar-refractivity contribution in [2.45, 2.75) is 37.1 Å². The molecule has 0 heteroatoms. The highest BCUT2D eigenvalue weighted by atomic mass is 12.0. The fourth-order valence-corrected chi connectivity index (χ4v) is 0. The Labute approximate surface area is 45.6 Å². The molecule has 5 heavy (non-hydrogen) atoms. The van der Waals surface area contributed by atoms with E-state index in [1.54, 1.807) is 0 Å². The van der Waals surface area contributed by atoms with Crippen molar-refractivity contribution in [3.8, 4) is 0 Å². The van der Waals surface area contributed by atoms with E-state index in [2.05, 4.69) is 0 Å². The topological polar surface area (TPSA) is 0 Å². The molecule has 0 amide bonds. The van der Waals surface area contributed by atoms with Gasteiger partial charge >= 0.3 is 0 Å². The Morgan fingerprint density at radius 2 is 0.400 bits per heavy atom. The molecule has 0 aromatic carbocycles. The van der Waals surface area contributed by atoms with Gasteiger partial charge in [0, 0.05) is 7.13 Å². The third-order valence-corrected chi connectivity index (χ3v) is 0. The van der Waals surface area contributed by atoms with Gasteiger partial charge in [0.2, 0.25) is 0 Å². The smallest absolute Gasteiger partial charge is 0 e. The van der Waals surface area contributed by atoms with Crippen LogP contribution < -0.4 is 0 Å². The quantitative estimate of drug-likeness (QED) is 0.413. The summed E-state index contributed by atoms with van der Waals surface area (Å²) in [6.45, 7) is 0. The Hall–Kier alpha value is 0. The maximum atomic E-state index is 0. The van der Waals surface area contributed by atoms with Crippen molar-refractivity contribution in [1.29, 1.82) is 0 Å². The Balaban J connectivity index is 0. The average Bonchev–Trinajstić information content (AvgIpc) is 0. The second-order valence-electron chi connectivity index (χ2n) is 0. The first-order valence-electron chi connectivity index (χ1n) is 0. The molecule has 50 valence electrons. The molecule has 0 saturated carbocycles. The molecule has 0 atom stereocenters. The Bertz CT molecular complexity index is 10.0. The highest BCUT2D eigenvalue weighted by Crippen LogP contribution is 0.148. The van der Waals surface area contributed by atoms with Crippen LogP contribution in [0.5, 0.6) is 0 Å². The Kier molecular flexibility index (Phi) is 0. The van der Waals surface area contributed by atoms with E-state index in [4.69, 9.17) is 0 Å². The largest absolute Gasteiger partial charge is 0.0776 e. The molecule has 0 N–H and O–H groups in total. The molecule has 0 nitrogen and oxygen atoms in total. The summed E-state index contributed by atoms with van der Waals surface area (Å²) >= 11 is 0. The van der Waals surface area contributed by atoms with Gasteiger partial charge in [-0.05, 0) is 0 Å². The predicted octanol–water partition coefficient (Wildman–Crippen LogP) is 4.41. The average molecular weight is 90.3 g/mol. The molecule has 0 aromatic heterocycles. The molecular weight excluding hydrogens is 60.1 g/mol. The molecule has 0 fully saturated rings. The monoisotopic (exact) mass is 90.2 g/mol. The molecule has 0 bridgehead atoms. The van der Waals surface area contributed by atoms with Gasteiger partial charge in [-0.3, -0.25) is 0 Å². The van der Waals surface area contributed by atoms with Crippen LogP contribution in [0, 0.1) is 0 Å². The standard InChI is InChI=1S/5CH4.5H2/h5*1H4;5*1H. The van der Waals surface area contributed by atoms with Gasteiger partial charge in [0.1, 0.15) is 0 Å². The zero-order valence-corrected chi connectivity index (χ0v) is 0. The third-order valence-electron chi connectivity index (χ3n) is 0. The lowest BCUT2D eigenvalue weighted by Crippen LogP contribution is 0.143. The molecule has 0 aliphatic heterocycles. The van der Waals surface area contributed by atoms with Crippen LogP contribution in [0.15, 0.2) is 0 Å². The van der Waals surface area contributed by atoms with E-state index in [1.807, 2.05) is 0 Å². The van der Waals surface area contributed by atoms with Crippen LogP contribution in [0.4, 0.5) is 0 Å². The van der Waals surface area contributed by atoms with E-state index >= 15 is 0 Å². The zero-order valence-electron chi connectivity index (χ0n) is 0. The van der Waals surface area contributed by atoms with Gasteiger partial charge in [0.25, 0.3) is 0 Å². The highest BCUT2D eigenvalue weighted by molar-refractivity contribution is 2.51. The van der Waals surface area contributed by atoms with Crippen molar-refractivity contribution in [3.05, 3.63) is 0 Å². The van der Waals surface area contributed by atoms with Crippen molar-refractivity contribution < 1.29 is 7.13 Å². The summed E-state index contributed by atoms with van der Waals surface area (Å²) in [7, 11) is 0. The third kappa shape index (κ3) is 0. The summed E-state index contributed by atoms with van der Waals surface area (Å²) in [6.07, 6.45) is 0. The first kappa shape index (κ1) is 0. The van der Waals surface area contributed by atoms with Crippen LogP contribution >= 0.6 is 0 Å². The van der Waals surface area contributed by atoms with Gasteiger partial charge in [0.15, 0.2) is 0 Å². The molecule has 0 unspecified atom stereocenters. The summed E-state index contributed by atoms with van der Waals surface area (Å²) in [5.41, 5.74) is 0. The minimum atomic E-state index is 0. The van der Waals surface area contributed by atoms with E-state index in [0.29, 0.717) is 0 Å². The van der Waals surface area contributed by atoms with E-state index in [1.165, 1.54) is 0 Å². The van der Waals surface area contributed by atoms with Crippen molar-refractivity contribution in [2.24, 2.45) is 0 Å². The minimum Gasteiger partial charge on any atom is -0.0776 e. The summed E-state index contributed by atoms with van der Waals surface area (Å²) < 4.78 is 0. The zero-order chi connectivity index (χ0) is 0. The van der Waals surface area contributed by atoms with Gasteiger partial charge in [-0.25, -0.2) is 0 Å². The Morgan fingerprint density at radius 1 is 0.400 bits per heavy atom. The SMILES string of the molecule is C.C.C.C.C.[HH].[HH].[HH].[HH].[HH]. The second kappa shape index (κ2) is 0. The van der Waals surface area contributed by atoms with Crippen LogP contribution in [0.2, 0.25) is 0 Å². The van der Waals surface area contributed by atoms with Crippen LogP contribution in [-0.2, 0) is 0 Å². The first-order chi connectivity index (χ1) is 0. The maximum Gasteiger partial charge on any atom is 0 e. The molecule has 0 aliphatic rings. The molecular formula is C5H30. The fraction of sp³-hybridized carbons (Fsp3) is 1.00. The fourth-order valence-electron chi connectivity index (χ4n) is 0. The van der Waals surface area contributed by atoms with Crippen molar-refractivity contribution in [3.63, 3.8) is 0 Å². The minimum absolute atomic E-state index is 0. The van der Waals surface area contributed by atoms with Crippen LogP contribution in [0.25, 0.3) is 0 Å². The van der Waals surface area contributed by atoms with Crippen LogP contribution in [0.1, 0.15) is 44.3 Å². The number of rotatable bonds is 0. The first-order valence-corrected chi connectivity index (χ1v) is 0. The summed E-state index contributed by atoms with van der Waals surface area (Å²) in [5, 5.41) is 0. The molecule has 0 saturated heterocycles. The lowest BCUT2D eigenvalue weighted by atomic mass is 12.0. The van der Waals surface area contributed by atoms with Crippen molar-refractivity contribution in [2.75, 3.05) is 0 Å². The normalized spacial score (nSPS) is 0. The van der Waals surface area contributed by atoms with E-state index < -0.39 is 0 Å². The van der Waals surface area contributed by atoms with E-state index in [9.17, 15) is 0 Å². The highest BCUT2D eigenvalue weighted by Gasteiger charge is -0.0736. The molecule has 0 aromatic rings. The van der Waals surface area contributed by atoms with Crippen LogP contribution in [0.3, 0.4) is 0 Å². The van der Waals surface area contributed by atoms with Crippen molar-refractivity contribution >= 4 is 0 Å². The number of hydrogen-bond donors (Lipinski definition) is 0. The van der Waals surface area contributed by atoms with Gasteiger partial charge in [-0.1, -0.05) is 37.1 Å². The van der Waals surface area contributed by atoms with Gasteiger partial charge < -0.3 is 0 Å². The molecule has 0 aliphatic carbocycles. The Morgan fingerprint density at radius 3 is 0.400 bits per heavy atom. The summed E-state index contributed by atoms with van der Waals surface area (Å²) in [5.74, 6) is 0. The molecule has 0 rings (SSSR count). The maximum absolute atomic E-state index is 0. The van der Waals surface area contributed by atoms with Crippen molar-refractivity contribution in [1.82, 2.24) is 0 Å². The van der Waals surface area contributed by atoms with E-state index in [0.717, 1.165) is 0 Å². The predicted molar refractivity (Wildman–Crippen MR) is 44.2 cm³/mol. The summed E-state index contributed by atoms with van der Waals surface area (Å²) in [4.78, 5) is 0. The van der Waals surface area contributed by atoms with Gasteiger partial charge in [0.05, 0.1) is 0 Å². The lowest BCUT2D eigenvalue weighted by Gasteiger charge is -0.0786. The lowest BCUT2D eigenvalue weighted by molar-refractivity contribution is 2.50. The van der Waals surface area contributed by atoms with E-state index in [-0.39, 0.29) is 44.3 Å². The summed E-state index contributed by atoms with van der Waals surface area (Å²) in [6, 6.07) is 0. The van der Waals surface area contributed by atoms with Gasteiger partial charge in [-0.2, -0.15) is 0 Å². The van der Waals surface area contributed by atoms with Crippen LogP contribution in [-0.4, -0.2) is 0 Å². The second-order valence-corrected chi connectivity index (χ2v) is 0. The molecule has 0 heterocycles. The van der Waals surface area contributed by atoms with Gasteiger partial charge in [-0.15, -0.1) is 0 Å². The molecule has 0 spiro atoms. The number of hydrogen-bond acceptors (Lipinski definition) is 0. The molecule has 0 radical (unpaired) electrons.